The molecule has 3 aromatic rings. The smallest absolute Gasteiger partial charge is 0.251 e. The van der Waals surface area contributed by atoms with Gasteiger partial charge in [-0.1, -0.05) is 15.9 Å². The minimum atomic E-state index is -0.200. The van der Waals surface area contributed by atoms with Crippen LogP contribution in [0.1, 0.15) is 17.3 Å². The van der Waals surface area contributed by atoms with Crippen LogP contribution in [0.4, 0.5) is 0 Å². The first-order valence-electron chi connectivity index (χ1n) is 7.83. The molecule has 5 nitrogen and oxygen atoms in total. The number of amides is 1. The van der Waals surface area contributed by atoms with Gasteiger partial charge in [0.05, 0.1) is 12.1 Å². The molecule has 0 unspecified atom stereocenters. The molecule has 0 spiro atoms. The van der Waals surface area contributed by atoms with E-state index < -0.39 is 0 Å². The van der Waals surface area contributed by atoms with Gasteiger partial charge in [-0.2, -0.15) is 0 Å². The number of hydrogen-bond donors (Lipinski definition) is 1. The van der Waals surface area contributed by atoms with Gasteiger partial charge < -0.3 is 14.8 Å². The maximum atomic E-state index is 12.0. The van der Waals surface area contributed by atoms with Gasteiger partial charge in [0.1, 0.15) is 17.2 Å². The molecule has 3 rings (SSSR count). The van der Waals surface area contributed by atoms with Gasteiger partial charge in [0, 0.05) is 34.7 Å². The fourth-order valence-electron chi connectivity index (χ4n) is 2.47. The number of halogens is 1. The van der Waals surface area contributed by atoms with Crippen LogP contribution in [0.2, 0.25) is 0 Å². The Kier molecular flexibility index (Phi) is 5.19. The van der Waals surface area contributed by atoms with E-state index in [4.69, 9.17) is 9.47 Å². The summed E-state index contributed by atoms with van der Waals surface area (Å²) in [6.07, 6.45) is 1.69. The number of carbonyl (C=O) groups excluding carboxylic acids is 1. The molecule has 1 aromatic heterocycles. The predicted molar refractivity (Wildman–Crippen MR) is 101 cm³/mol. The fraction of sp³-hybridized carbons (Fsp3) is 0.158. The van der Waals surface area contributed by atoms with Crippen LogP contribution >= 0.6 is 15.9 Å². The van der Waals surface area contributed by atoms with E-state index >= 15 is 0 Å². The molecule has 0 fully saturated rings. The number of ether oxygens (including phenoxy) is 2. The molecule has 6 heteroatoms. The van der Waals surface area contributed by atoms with Crippen molar-refractivity contribution < 1.29 is 14.3 Å². The highest BCUT2D eigenvalue weighted by molar-refractivity contribution is 9.10. The van der Waals surface area contributed by atoms with Crippen LogP contribution in [0.3, 0.4) is 0 Å². The molecular weight excluding hydrogens is 384 g/mol. The minimum absolute atomic E-state index is 0.200. The first kappa shape index (κ1) is 17.2. The summed E-state index contributed by atoms with van der Waals surface area (Å²) in [6, 6.07) is 12.7. The third-order valence-electron chi connectivity index (χ3n) is 3.57. The van der Waals surface area contributed by atoms with Crippen LogP contribution in [0.5, 0.6) is 17.2 Å². The molecular formula is C19H17BrN2O3. The van der Waals surface area contributed by atoms with Crippen molar-refractivity contribution in [1.82, 2.24) is 10.3 Å². The second-order valence-electron chi connectivity index (χ2n) is 5.28. The number of nitrogens with one attached hydrogen (secondary N) is 1. The van der Waals surface area contributed by atoms with E-state index in [1.54, 1.807) is 37.5 Å². The highest BCUT2D eigenvalue weighted by Crippen LogP contribution is 2.33. The van der Waals surface area contributed by atoms with Crippen molar-refractivity contribution in [3.8, 4) is 17.2 Å². The molecule has 2 aromatic carbocycles. The highest BCUT2D eigenvalue weighted by Gasteiger charge is 2.11. The monoisotopic (exact) mass is 400 g/mol. The van der Waals surface area contributed by atoms with Crippen molar-refractivity contribution in [2.24, 2.45) is 0 Å². The summed E-state index contributed by atoms with van der Waals surface area (Å²) in [5.41, 5.74) is 1.30. The summed E-state index contributed by atoms with van der Waals surface area (Å²) in [6.45, 7) is 2.39. The Morgan fingerprint density at radius 2 is 1.96 bits per heavy atom. The summed E-state index contributed by atoms with van der Waals surface area (Å²) in [4.78, 5) is 16.3. The lowest BCUT2D eigenvalue weighted by atomic mass is 10.1. The van der Waals surface area contributed by atoms with Crippen LogP contribution in [0.25, 0.3) is 10.9 Å². The van der Waals surface area contributed by atoms with E-state index in [-0.39, 0.29) is 5.91 Å². The molecule has 0 aliphatic rings. The maximum Gasteiger partial charge on any atom is 0.251 e. The second-order valence-corrected chi connectivity index (χ2v) is 6.19. The Hall–Kier alpha value is -2.60. The summed E-state index contributed by atoms with van der Waals surface area (Å²) >= 11 is 3.47. The molecule has 0 aliphatic carbocycles. The lowest BCUT2D eigenvalue weighted by Crippen LogP contribution is -2.17. The van der Waals surface area contributed by atoms with Gasteiger partial charge in [-0.3, -0.25) is 9.78 Å². The molecule has 0 radical (unpaired) electrons. The first-order valence-corrected chi connectivity index (χ1v) is 8.62. The van der Waals surface area contributed by atoms with Crippen molar-refractivity contribution in [1.29, 1.82) is 0 Å². The van der Waals surface area contributed by atoms with Crippen molar-refractivity contribution in [2.75, 3.05) is 13.7 Å². The number of nitrogens with zero attached hydrogens (tertiary/aromatic N) is 1. The molecule has 0 bridgehead atoms. The number of pyridine rings is 1. The molecule has 0 saturated heterocycles. The van der Waals surface area contributed by atoms with Gasteiger partial charge in [-0.15, -0.1) is 0 Å². The normalized spacial score (nSPS) is 10.5. The molecule has 25 heavy (non-hydrogen) atoms. The van der Waals surface area contributed by atoms with Crippen molar-refractivity contribution in [3.63, 3.8) is 0 Å². The van der Waals surface area contributed by atoms with Crippen molar-refractivity contribution >= 4 is 32.7 Å². The van der Waals surface area contributed by atoms with Crippen LogP contribution in [-0.4, -0.2) is 24.5 Å². The first-order chi connectivity index (χ1) is 12.1. The lowest BCUT2D eigenvalue weighted by Gasteiger charge is -2.12. The van der Waals surface area contributed by atoms with Crippen molar-refractivity contribution in [3.05, 3.63) is 58.7 Å². The van der Waals surface area contributed by atoms with E-state index in [1.165, 1.54) is 0 Å². The quantitative estimate of drug-likeness (QED) is 0.682. The third-order valence-corrected chi connectivity index (χ3v) is 4.06. The molecule has 0 atom stereocenters. The Balaban J connectivity index is 2.04. The van der Waals surface area contributed by atoms with E-state index in [1.807, 2.05) is 25.1 Å². The Morgan fingerprint density at radius 1 is 1.16 bits per heavy atom. The topological polar surface area (TPSA) is 60.5 Å². The zero-order valence-electron chi connectivity index (χ0n) is 13.9. The summed E-state index contributed by atoms with van der Waals surface area (Å²) in [5.74, 6) is 1.56. The fourth-order valence-corrected chi connectivity index (χ4v) is 2.83. The average molecular weight is 401 g/mol. The zero-order chi connectivity index (χ0) is 17.8. The number of carbonyl (C=O) groups is 1. The van der Waals surface area contributed by atoms with Gasteiger partial charge in [0.2, 0.25) is 0 Å². The van der Waals surface area contributed by atoms with Gasteiger partial charge in [0.25, 0.3) is 5.91 Å². The molecule has 0 aliphatic heterocycles. The van der Waals surface area contributed by atoms with Crippen LogP contribution in [0.15, 0.2) is 53.1 Å². The van der Waals surface area contributed by atoms with E-state index in [0.29, 0.717) is 29.4 Å². The van der Waals surface area contributed by atoms with Crippen LogP contribution in [-0.2, 0) is 0 Å². The number of aromatic nitrogens is 1. The standard InChI is InChI=1S/C19H17BrN2O3/c1-3-24-14-8-12(19(23)21-2)9-15(11-14)25-18-6-7-22-17-5-4-13(20)10-16(17)18/h4-11H,3H2,1-2H3,(H,21,23). The number of hydrogen-bond acceptors (Lipinski definition) is 4. The number of rotatable bonds is 5. The largest absolute Gasteiger partial charge is 0.494 e. The van der Waals surface area contributed by atoms with E-state index in [9.17, 15) is 4.79 Å². The van der Waals surface area contributed by atoms with Gasteiger partial charge >= 0.3 is 0 Å². The minimum Gasteiger partial charge on any atom is -0.494 e. The Morgan fingerprint density at radius 3 is 2.72 bits per heavy atom. The maximum absolute atomic E-state index is 12.0. The average Bonchev–Trinajstić information content (AvgIpc) is 2.61. The van der Waals surface area contributed by atoms with E-state index in [2.05, 4.69) is 26.2 Å². The van der Waals surface area contributed by atoms with Gasteiger partial charge in [-0.25, -0.2) is 0 Å². The predicted octanol–water partition coefficient (Wildman–Crippen LogP) is 4.55. The van der Waals surface area contributed by atoms with Gasteiger partial charge in [0.15, 0.2) is 0 Å². The molecule has 1 N–H and O–H groups in total. The second kappa shape index (κ2) is 7.53. The Labute approximate surface area is 154 Å². The number of benzene rings is 2. The molecule has 1 amide bonds. The summed E-state index contributed by atoms with van der Waals surface area (Å²) in [5, 5.41) is 3.49. The number of fused-ring (bicyclic) bond motifs is 1. The van der Waals surface area contributed by atoms with Gasteiger partial charge in [-0.05, 0) is 43.3 Å². The molecule has 128 valence electrons. The summed E-state index contributed by atoms with van der Waals surface area (Å²) < 4.78 is 12.5. The highest BCUT2D eigenvalue weighted by atomic mass is 79.9. The third kappa shape index (κ3) is 3.91. The summed E-state index contributed by atoms with van der Waals surface area (Å²) in [7, 11) is 1.59. The Bertz CT molecular complexity index is 928. The molecule has 1 heterocycles. The molecule has 0 saturated carbocycles. The SMILES string of the molecule is CCOc1cc(Oc2ccnc3ccc(Br)cc23)cc(C(=O)NC)c1. The zero-order valence-corrected chi connectivity index (χ0v) is 15.5. The van der Waals surface area contributed by atoms with Crippen LogP contribution in [0, 0.1) is 0 Å². The van der Waals surface area contributed by atoms with E-state index in [0.717, 1.165) is 15.4 Å². The lowest BCUT2D eigenvalue weighted by molar-refractivity contribution is 0.0962. The van der Waals surface area contributed by atoms with Crippen molar-refractivity contribution in [2.45, 2.75) is 6.92 Å². The van der Waals surface area contributed by atoms with Crippen LogP contribution < -0.4 is 14.8 Å².